The van der Waals surface area contributed by atoms with Gasteiger partial charge in [-0.3, -0.25) is 0 Å². The second kappa shape index (κ2) is 10.5. The molecule has 0 fully saturated rings. The van der Waals surface area contributed by atoms with E-state index in [4.69, 9.17) is 9.40 Å². The minimum Gasteiger partial charge on any atom is -0.435 e. The summed E-state index contributed by atoms with van der Waals surface area (Å²) < 4.78 is 6.61. The van der Waals surface area contributed by atoms with E-state index in [1.54, 1.807) is 0 Å². The van der Waals surface area contributed by atoms with Crippen molar-refractivity contribution < 1.29 is 4.42 Å². The van der Waals surface area contributed by atoms with E-state index in [2.05, 4.69) is 157 Å². The topological polar surface area (TPSA) is 29.3 Å². The minimum atomic E-state index is 0.630. The monoisotopic (exact) mass is 612 g/mol. The molecule has 0 aliphatic rings. The molecule has 224 valence electrons. The van der Waals surface area contributed by atoms with Crippen molar-refractivity contribution in [2.24, 2.45) is 0 Å². The molecule has 10 aromatic rings. The number of benzene rings is 9. The van der Waals surface area contributed by atoms with Gasteiger partial charge < -0.3 is 9.32 Å². The molecule has 0 aliphatic carbocycles. The van der Waals surface area contributed by atoms with Crippen LogP contribution in [0.4, 0.5) is 17.1 Å². The molecule has 0 aliphatic heterocycles. The van der Waals surface area contributed by atoms with Gasteiger partial charge in [-0.1, -0.05) is 127 Å². The number of nitrogens with zero attached hydrogens (tertiary/aromatic N) is 2. The van der Waals surface area contributed by atoms with Crippen LogP contribution in [0, 0.1) is 0 Å². The standard InChI is InChI=1S/C45H28N2O/c1-2-13-32(14-3-1)45-46-43-42-38(37-18-8-9-19-39(37)44(43)48-45)26-23-31-22-25-35(28-40(31)42)47(34-24-21-29-11-4-5-15-33(29)27-34)41-20-10-16-30-12-6-7-17-36(30)41/h1-28H. The Morgan fingerprint density at radius 3 is 1.90 bits per heavy atom. The Labute approximate surface area is 276 Å². The third kappa shape index (κ3) is 4.11. The van der Waals surface area contributed by atoms with Crippen LogP contribution in [-0.4, -0.2) is 4.98 Å². The van der Waals surface area contributed by atoms with Crippen LogP contribution in [0.15, 0.2) is 174 Å². The number of aromatic nitrogens is 1. The van der Waals surface area contributed by atoms with Crippen LogP contribution < -0.4 is 4.90 Å². The molecule has 9 aromatic carbocycles. The summed E-state index contributed by atoms with van der Waals surface area (Å²) in [5.41, 5.74) is 5.97. The van der Waals surface area contributed by atoms with Crippen LogP contribution >= 0.6 is 0 Å². The van der Waals surface area contributed by atoms with Gasteiger partial charge in [-0.2, -0.15) is 0 Å². The zero-order chi connectivity index (χ0) is 31.6. The van der Waals surface area contributed by atoms with E-state index >= 15 is 0 Å². The van der Waals surface area contributed by atoms with Gasteiger partial charge in [0.2, 0.25) is 5.89 Å². The Morgan fingerprint density at radius 1 is 0.417 bits per heavy atom. The van der Waals surface area contributed by atoms with Gasteiger partial charge in [0.05, 0.1) is 5.69 Å². The molecular formula is C45H28N2O. The van der Waals surface area contributed by atoms with E-state index in [0.717, 1.165) is 66.0 Å². The highest BCUT2D eigenvalue weighted by molar-refractivity contribution is 6.29. The maximum absolute atomic E-state index is 6.61. The molecule has 0 spiro atoms. The van der Waals surface area contributed by atoms with Crippen molar-refractivity contribution in [2.75, 3.05) is 4.90 Å². The maximum Gasteiger partial charge on any atom is 0.227 e. The van der Waals surface area contributed by atoms with Crippen molar-refractivity contribution in [3.05, 3.63) is 170 Å². The zero-order valence-electron chi connectivity index (χ0n) is 26.0. The summed E-state index contributed by atoms with van der Waals surface area (Å²) in [5.74, 6) is 0.630. The highest BCUT2D eigenvalue weighted by atomic mass is 16.3. The number of hydrogen-bond donors (Lipinski definition) is 0. The molecule has 1 aromatic heterocycles. The van der Waals surface area contributed by atoms with Gasteiger partial charge >= 0.3 is 0 Å². The van der Waals surface area contributed by atoms with E-state index in [1.807, 2.05) is 18.2 Å². The van der Waals surface area contributed by atoms with Gasteiger partial charge in [0, 0.05) is 33.1 Å². The van der Waals surface area contributed by atoms with Crippen molar-refractivity contribution in [3.8, 4) is 11.5 Å². The molecule has 48 heavy (non-hydrogen) atoms. The van der Waals surface area contributed by atoms with Crippen molar-refractivity contribution in [2.45, 2.75) is 0 Å². The van der Waals surface area contributed by atoms with Gasteiger partial charge in [-0.05, 0) is 80.2 Å². The molecule has 0 N–H and O–H groups in total. The maximum atomic E-state index is 6.61. The van der Waals surface area contributed by atoms with Crippen molar-refractivity contribution in [1.82, 2.24) is 4.98 Å². The van der Waals surface area contributed by atoms with E-state index in [9.17, 15) is 0 Å². The molecule has 0 radical (unpaired) electrons. The van der Waals surface area contributed by atoms with Crippen molar-refractivity contribution in [1.29, 1.82) is 0 Å². The highest BCUT2D eigenvalue weighted by Gasteiger charge is 2.20. The predicted molar refractivity (Wildman–Crippen MR) is 202 cm³/mol. The summed E-state index contributed by atoms with van der Waals surface area (Å²) >= 11 is 0. The third-order valence-corrected chi connectivity index (χ3v) is 9.61. The van der Waals surface area contributed by atoms with Crippen LogP contribution in [0.3, 0.4) is 0 Å². The van der Waals surface area contributed by atoms with Crippen LogP contribution in [0.1, 0.15) is 0 Å². The summed E-state index contributed by atoms with van der Waals surface area (Å²) in [6, 6.07) is 60.4. The summed E-state index contributed by atoms with van der Waals surface area (Å²) in [4.78, 5) is 7.59. The molecule has 0 atom stereocenters. The molecule has 0 unspecified atom stereocenters. The van der Waals surface area contributed by atoms with Gasteiger partial charge in [-0.25, -0.2) is 4.98 Å². The average molecular weight is 613 g/mol. The fraction of sp³-hybridized carbons (Fsp3) is 0. The molecular weight excluding hydrogens is 585 g/mol. The van der Waals surface area contributed by atoms with Crippen LogP contribution in [-0.2, 0) is 0 Å². The molecule has 3 nitrogen and oxygen atoms in total. The van der Waals surface area contributed by atoms with Crippen LogP contribution in [0.25, 0.3) is 76.4 Å². The predicted octanol–water partition coefficient (Wildman–Crippen LogP) is 12.7. The quantitative estimate of drug-likeness (QED) is 0.185. The molecule has 0 bridgehead atoms. The van der Waals surface area contributed by atoms with Crippen LogP contribution in [0.2, 0.25) is 0 Å². The molecule has 10 rings (SSSR count). The van der Waals surface area contributed by atoms with E-state index in [1.165, 1.54) is 21.5 Å². The Balaban J connectivity index is 1.30. The fourth-order valence-corrected chi connectivity index (χ4v) is 7.36. The van der Waals surface area contributed by atoms with Crippen LogP contribution in [0.5, 0.6) is 0 Å². The number of hydrogen-bond acceptors (Lipinski definition) is 3. The summed E-state index contributed by atoms with van der Waals surface area (Å²) in [7, 11) is 0. The Hall–Kier alpha value is -6.45. The summed E-state index contributed by atoms with van der Waals surface area (Å²) in [5, 5.41) is 11.6. The largest absolute Gasteiger partial charge is 0.435 e. The number of anilines is 3. The Bertz CT molecular complexity index is 2850. The Kier molecular flexibility index (Phi) is 5.87. The molecule has 0 saturated carbocycles. The molecule has 1 heterocycles. The normalized spacial score (nSPS) is 11.8. The third-order valence-electron chi connectivity index (χ3n) is 9.61. The lowest BCUT2D eigenvalue weighted by Crippen LogP contribution is -2.10. The van der Waals surface area contributed by atoms with E-state index in [0.29, 0.717) is 5.89 Å². The Morgan fingerprint density at radius 2 is 1.04 bits per heavy atom. The lowest BCUT2D eigenvalue weighted by atomic mass is 9.95. The smallest absolute Gasteiger partial charge is 0.227 e. The fourth-order valence-electron chi connectivity index (χ4n) is 7.36. The summed E-state index contributed by atoms with van der Waals surface area (Å²) in [6.07, 6.45) is 0. The van der Waals surface area contributed by atoms with E-state index in [-0.39, 0.29) is 0 Å². The number of rotatable bonds is 4. The van der Waals surface area contributed by atoms with Gasteiger partial charge in [0.25, 0.3) is 0 Å². The van der Waals surface area contributed by atoms with Crippen molar-refractivity contribution >= 4 is 82.0 Å². The molecule has 3 heteroatoms. The molecule has 0 saturated heterocycles. The van der Waals surface area contributed by atoms with E-state index < -0.39 is 0 Å². The second-order valence-electron chi connectivity index (χ2n) is 12.4. The zero-order valence-corrected chi connectivity index (χ0v) is 26.0. The number of fused-ring (bicyclic) bond motifs is 10. The first-order chi connectivity index (χ1) is 23.8. The average Bonchev–Trinajstić information content (AvgIpc) is 3.61. The molecule has 0 amide bonds. The summed E-state index contributed by atoms with van der Waals surface area (Å²) in [6.45, 7) is 0. The highest BCUT2D eigenvalue weighted by Crippen LogP contribution is 2.44. The minimum absolute atomic E-state index is 0.630. The first-order valence-corrected chi connectivity index (χ1v) is 16.3. The first kappa shape index (κ1) is 26.7. The van der Waals surface area contributed by atoms with Crippen molar-refractivity contribution in [3.63, 3.8) is 0 Å². The lowest BCUT2D eigenvalue weighted by molar-refractivity contribution is 0.623. The van der Waals surface area contributed by atoms with Gasteiger partial charge in [-0.15, -0.1) is 0 Å². The second-order valence-corrected chi connectivity index (χ2v) is 12.4. The first-order valence-electron chi connectivity index (χ1n) is 16.3. The SMILES string of the molecule is c1ccc(-c2nc3c(o2)c2ccccc2c2ccc4ccc(N(c5ccc6ccccc6c5)c5cccc6ccccc56)cc4c23)cc1. The van der Waals surface area contributed by atoms with Gasteiger partial charge in [0.15, 0.2) is 5.58 Å². The van der Waals surface area contributed by atoms with Gasteiger partial charge in [0.1, 0.15) is 5.52 Å². The number of oxazole rings is 1. The lowest BCUT2D eigenvalue weighted by Gasteiger charge is -2.27.